The van der Waals surface area contributed by atoms with E-state index in [9.17, 15) is 0 Å². The minimum Gasteiger partial charge on any atom is -0.493 e. The molecule has 6 heteroatoms. The molecule has 0 atom stereocenters. The van der Waals surface area contributed by atoms with E-state index in [1.54, 1.807) is 20.4 Å². The van der Waals surface area contributed by atoms with E-state index in [2.05, 4.69) is 41.4 Å². The first-order valence-corrected chi connectivity index (χ1v) is 7.47. The topological polar surface area (TPSA) is 68.3 Å². The summed E-state index contributed by atoms with van der Waals surface area (Å²) in [6.07, 6.45) is 1.73. The van der Waals surface area contributed by atoms with Crippen molar-refractivity contribution in [3.8, 4) is 11.5 Å². The van der Waals surface area contributed by atoms with Crippen LogP contribution in [0.25, 0.3) is 0 Å². The Balaban J connectivity index is 2.05. The normalized spacial score (nSPS) is 11.0. The zero-order valence-corrected chi connectivity index (χ0v) is 14.3. The quantitative estimate of drug-likeness (QED) is 0.852. The number of ether oxygens (including phenoxy) is 2. The van der Waals surface area contributed by atoms with E-state index in [1.807, 2.05) is 24.3 Å². The molecule has 0 amide bonds. The van der Waals surface area contributed by atoms with Gasteiger partial charge in [0.15, 0.2) is 11.5 Å². The molecule has 0 spiro atoms. The van der Waals surface area contributed by atoms with E-state index in [1.165, 1.54) is 0 Å². The molecule has 1 aromatic carbocycles. The summed E-state index contributed by atoms with van der Waals surface area (Å²) in [7, 11) is 3.25. The van der Waals surface area contributed by atoms with Crippen LogP contribution < -0.4 is 20.1 Å². The average molecular weight is 316 g/mol. The number of rotatable bonds is 6. The Labute approximate surface area is 137 Å². The van der Waals surface area contributed by atoms with Crippen molar-refractivity contribution in [2.75, 3.05) is 24.9 Å². The molecule has 6 nitrogen and oxygen atoms in total. The zero-order valence-electron chi connectivity index (χ0n) is 14.3. The molecule has 0 unspecified atom stereocenters. The lowest BCUT2D eigenvalue weighted by Crippen LogP contribution is -2.26. The zero-order chi connectivity index (χ0) is 16.9. The first kappa shape index (κ1) is 16.9. The molecule has 2 N–H and O–H groups in total. The number of benzene rings is 1. The SMILES string of the molecule is COc1ccc(CNc2nccc(NC(C)(C)C)n2)cc1OC. The van der Waals surface area contributed by atoms with Gasteiger partial charge < -0.3 is 20.1 Å². The van der Waals surface area contributed by atoms with Crippen LogP contribution in [0.2, 0.25) is 0 Å². The van der Waals surface area contributed by atoms with E-state index in [-0.39, 0.29) is 5.54 Å². The van der Waals surface area contributed by atoms with Gasteiger partial charge in [-0.1, -0.05) is 6.07 Å². The van der Waals surface area contributed by atoms with Gasteiger partial charge in [0.1, 0.15) is 5.82 Å². The summed E-state index contributed by atoms with van der Waals surface area (Å²) < 4.78 is 10.5. The molecule has 0 bridgehead atoms. The van der Waals surface area contributed by atoms with E-state index in [0.29, 0.717) is 24.0 Å². The van der Waals surface area contributed by atoms with Crippen LogP contribution in [0.5, 0.6) is 11.5 Å². The van der Waals surface area contributed by atoms with E-state index < -0.39 is 0 Å². The summed E-state index contributed by atoms with van der Waals surface area (Å²) >= 11 is 0. The van der Waals surface area contributed by atoms with Crippen molar-refractivity contribution in [2.45, 2.75) is 32.9 Å². The predicted molar refractivity (Wildman–Crippen MR) is 92.3 cm³/mol. The molecule has 1 heterocycles. The Bertz CT molecular complexity index is 653. The van der Waals surface area contributed by atoms with Crippen molar-refractivity contribution >= 4 is 11.8 Å². The Morgan fingerprint density at radius 3 is 2.43 bits per heavy atom. The van der Waals surface area contributed by atoms with Gasteiger partial charge >= 0.3 is 0 Å². The smallest absolute Gasteiger partial charge is 0.224 e. The lowest BCUT2D eigenvalue weighted by Gasteiger charge is -2.21. The van der Waals surface area contributed by atoms with Crippen LogP contribution in [0.15, 0.2) is 30.5 Å². The van der Waals surface area contributed by atoms with Crippen LogP contribution in [-0.4, -0.2) is 29.7 Å². The van der Waals surface area contributed by atoms with Gasteiger partial charge in [-0.05, 0) is 44.5 Å². The number of nitrogens with one attached hydrogen (secondary N) is 2. The van der Waals surface area contributed by atoms with Gasteiger partial charge in [0.05, 0.1) is 14.2 Å². The number of hydrogen-bond acceptors (Lipinski definition) is 6. The van der Waals surface area contributed by atoms with Gasteiger partial charge in [-0.25, -0.2) is 4.98 Å². The highest BCUT2D eigenvalue weighted by molar-refractivity contribution is 5.45. The second-order valence-electron chi connectivity index (χ2n) is 6.18. The summed E-state index contributed by atoms with van der Waals surface area (Å²) in [6, 6.07) is 7.65. The number of nitrogens with zero attached hydrogens (tertiary/aromatic N) is 2. The second kappa shape index (κ2) is 7.17. The highest BCUT2D eigenvalue weighted by Crippen LogP contribution is 2.27. The Morgan fingerprint density at radius 2 is 1.78 bits per heavy atom. The number of methoxy groups -OCH3 is 2. The molecule has 2 rings (SSSR count). The largest absolute Gasteiger partial charge is 0.493 e. The molecular formula is C17H24N4O2. The maximum absolute atomic E-state index is 5.31. The van der Waals surface area contributed by atoms with Crippen LogP contribution in [0, 0.1) is 0 Å². The fourth-order valence-corrected chi connectivity index (χ4v) is 2.07. The molecule has 0 saturated carbocycles. The lowest BCUT2D eigenvalue weighted by molar-refractivity contribution is 0.354. The lowest BCUT2D eigenvalue weighted by atomic mass is 10.1. The Morgan fingerprint density at radius 1 is 1.04 bits per heavy atom. The van der Waals surface area contributed by atoms with Crippen LogP contribution >= 0.6 is 0 Å². The Kier molecular flexibility index (Phi) is 5.26. The maximum atomic E-state index is 5.31. The van der Waals surface area contributed by atoms with Crippen molar-refractivity contribution in [3.05, 3.63) is 36.0 Å². The predicted octanol–water partition coefficient (Wildman–Crippen LogP) is 3.32. The van der Waals surface area contributed by atoms with Gasteiger partial charge in [0, 0.05) is 18.3 Å². The standard InChI is InChI=1S/C17H24N4O2/c1-17(2,3)21-15-8-9-18-16(20-15)19-11-12-6-7-13(22-4)14(10-12)23-5/h6-10H,11H2,1-5H3,(H2,18,19,20,21). The van der Waals surface area contributed by atoms with Crippen molar-refractivity contribution in [1.82, 2.24) is 9.97 Å². The second-order valence-corrected chi connectivity index (χ2v) is 6.18. The van der Waals surface area contributed by atoms with Crippen LogP contribution in [0.4, 0.5) is 11.8 Å². The van der Waals surface area contributed by atoms with Crippen molar-refractivity contribution in [3.63, 3.8) is 0 Å². The minimum absolute atomic E-state index is 0.0467. The molecule has 0 aliphatic rings. The number of aromatic nitrogens is 2. The summed E-state index contributed by atoms with van der Waals surface area (Å²) in [5.41, 5.74) is 1.01. The molecule has 23 heavy (non-hydrogen) atoms. The third kappa shape index (κ3) is 5.02. The van der Waals surface area contributed by atoms with Gasteiger partial charge in [0.2, 0.25) is 5.95 Å². The minimum atomic E-state index is -0.0467. The van der Waals surface area contributed by atoms with E-state index in [4.69, 9.17) is 9.47 Å². The number of hydrogen-bond donors (Lipinski definition) is 2. The summed E-state index contributed by atoms with van der Waals surface area (Å²) in [5, 5.41) is 6.54. The highest BCUT2D eigenvalue weighted by atomic mass is 16.5. The molecule has 0 radical (unpaired) electrons. The molecule has 0 saturated heterocycles. The molecule has 1 aromatic heterocycles. The molecular weight excluding hydrogens is 292 g/mol. The van der Waals surface area contributed by atoms with Crippen molar-refractivity contribution < 1.29 is 9.47 Å². The van der Waals surface area contributed by atoms with Gasteiger partial charge in [-0.15, -0.1) is 0 Å². The fourth-order valence-electron chi connectivity index (χ4n) is 2.07. The van der Waals surface area contributed by atoms with Crippen molar-refractivity contribution in [2.24, 2.45) is 0 Å². The van der Waals surface area contributed by atoms with Gasteiger partial charge in [-0.2, -0.15) is 4.98 Å². The van der Waals surface area contributed by atoms with Crippen molar-refractivity contribution in [1.29, 1.82) is 0 Å². The van der Waals surface area contributed by atoms with Gasteiger partial charge in [-0.3, -0.25) is 0 Å². The maximum Gasteiger partial charge on any atom is 0.224 e. The summed E-state index contributed by atoms with van der Waals surface area (Å²) in [6.45, 7) is 6.86. The fraction of sp³-hybridized carbons (Fsp3) is 0.412. The summed E-state index contributed by atoms with van der Waals surface area (Å²) in [4.78, 5) is 8.70. The average Bonchev–Trinajstić information content (AvgIpc) is 2.51. The Hall–Kier alpha value is -2.50. The molecule has 0 aliphatic carbocycles. The monoisotopic (exact) mass is 316 g/mol. The van der Waals surface area contributed by atoms with E-state index in [0.717, 1.165) is 11.4 Å². The molecule has 0 aliphatic heterocycles. The van der Waals surface area contributed by atoms with Crippen LogP contribution in [0.3, 0.4) is 0 Å². The van der Waals surface area contributed by atoms with Crippen LogP contribution in [0.1, 0.15) is 26.3 Å². The number of anilines is 2. The summed E-state index contributed by atoms with van der Waals surface area (Å²) in [5.74, 6) is 2.79. The van der Waals surface area contributed by atoms with E-state index >= 15 is 0 Å². The van der Waals surface area contributed by atoms with Gasteiger partial charge in [0.25, 0.3) is 0 Å². The first-order chi connectivity index (χ1) is 10.9. The third-order valence-corrected chi connectivity index (χ3v) is 3.06. The molecule has 0 fully saturated rings. The molecule has 2 aromatic rings. The third-order valence-electron chi connectivity index (χ3n) is 3.06. The first-order valence-electron chi connectivity index (χ1n) is 7.47. The highest BCUT2D eigenvalue weighted by Gasteiger charge is 2.10. The molecule has 124 valence electrons. The van der Waals surface area contributed by atoms with Crippen LogP contribution in [-0.2, 0) is 6.54 Å².